The van der Waals surface area contributed by atoms with E-state index in [2.05, 4.69) is 0 Å². The van der Waals surface area contributed by atoms with E-state index in [0.29, 0.717) is 22.9 Å². The van der Waals surface area contributed by atoms with Gasteiger partial charge in [0.15, 0.2) is 0 Å². The molecule has 1 aromatic rings. The number of ether oxygens (including phenoxy) is 2. The molecule has 2 rings (SSSR count). The van der Waals surface area contributed by atoms with Gasteiger partial charge in [0.1, 0.15) is 5.75 Å². The maximum absolute atomic E-state index is 12.5. The molecule has 1 amide bonds. The first kappa shape index (κ1) is 14.7. The van der Waals surface area contributed by atoms with Gasteiger partial charge in [-0.2, -0.15) is 0 Å². The number of nitrogens with zero attached hydrogens (tertiary/aromatic N) is 1. The summed E-state index contributed by atoms with van der Waals surface area (Å²) in [5, 5.41) is 0. The molecule has 2 N–H and O–H groups in total. The molecule has 5 heteroatoms. The Labute approximate surface area is 119 Å². The molecule has 1 saturated heterocycles. The molecule has 0 atom stereocenters. The summed E-state index contributed by atoms with van der Waals surface area (Å²) in [4.78, 5) is 14.3. The number of hydrogen-bond acceptors (Lipinski definition) is 4. The Bertz CT molecular complexity index is 468. The topological polar surface area (TPSA) is 64.8 Å². The van der Waals surface area contributed by atoms with Crippen molar-refractivity contribution in [1.82, 2.24) is 4.90 Å². The summed E-state index contributed by atoms with van der Waals surface area (Å²) in [5.74, 6) is 1.19. The van der Waals surface area contributed by atoms with Gasteiger partial charge in [0.2, 0.25) is 0 Å². The number of carbonyl (C=O) groups is 1. The Morgan fingerprint density at radius 3 is 2.60 bits per heavy atom. The molecular weight excluding hydrogens is 256 g/mol. The van der Waals surface area contributed by atoms with Crippen molar-refractivity contribution in [2.45, 2.75) is 12.8 Å². The van der Waals surface area contributed by atoms with Crippen molar-refractivity contribution < 1.29 is 14.3 Å². The first-order valence-corrected chi connectivity index (χ1v) is 6.86. The number of nitrogens with two attached hydrogens (primary N) is 1. The molecule has 1 aliphatic heterocycles. The van der Waals surface area contributed by atoms with Gasteiger partial charge >= 0.3 is 0 Å². The minimum Gasteiger partial charge on any atom is -0.497 e. The molecule has 0 unspecified atom stereocenters. The van der Waals surface area contributed by atoms with Crippen molar-refractivity contribution in [2.24, 2.45) is 5.92 Å². The van der Waals surface area contributed by atoms with Crippen LogP contribution in [-0.2, 0) is 4.74 Å². The fourth-order valence-corrected chi connectivity index (χ4v) is 2.58. The van der Waals surface area contributed by atoms with Crippen molar-refractivity contribution >= 4 is 11.6 Å². The van der Waals surface area contributed by atoms with Crippen LogP contribution < -0.4 is 10.5 Å². The molecule has 0 spiro atoms. The number of likely N-dealkylation sites (tertiary alicyclic amines) is 1. The maximum Gasteiger partial charge on any atom is 0.254 e. The van der Waals surface area contributed by atoms with Crippen LogP contribution in [0, 0.1) is 5.92 Å². The third kappa shape index (κ3) is 3.42. The largest absolute Gasteiger partial charge is 0.497 e. The molecule has 110 valence electrons. The zero-order valence-corrected chi connectivity index (χ0v) is 12.1. The first-order valence-electron chi connectivity index (χ1n) is 6.86. The number of piperidine rings is 1. The number of nitrogen functional groups attached to an aromatic ring is 1. The van der Waals surface area contributed by atoms with E-state index in [-0.39, 0.29) is 5.91 Å². The van der Waals surface area contributed by atoms with E-state index in [9.17, 15) is 4.79 Å². The number of benzene rings is 1. The fourth-order valence-electron chi connectivity index (χ4n) is 2.58. The fraction of sp³-hybridized carbons (Fsp3) is 0.533. The summed E-state index contributed by atoms with van der Waals surface area (Å²) in [7, 11) is 3.29. The number of rotatable bonds is 4. The van der Waals surface area contributed by atoms with Gasteiger partial charge in [0.05, 0.1) is 7.11 Å². The molecule has 0 aliphatic carbocycles. The average Bonchev–Trinajstić information content (AvgIpc) is 2.47. The molecule has 0 saturated carbocycles. The standard InChI is InChI=1S/C15H22N2O3/c1-19-10-11-3-5-17(6-4-11)15(18)12-7-13(16)9-14(8-12)20-2/h7-9,11H,3-6,10,16H2,1-2H3. The van der Waals surface area contributed by atoms with Gasteiger partial charge in [-0.05, 0) is 30.9 Å². The molecule has 1 aliphatic rings. The molecule has 0 bridgehead atoms. The third-order valence-electron chi connectivity index (χ3n) is 3.72. The molecule has 0 radical (unpaired) electrons. The second-order valence-corrected chi connectivity index (χ2v) is 5.19. The quantitative estimate of drug-likeness (QED) is 0.853. The third-order valence-corrected chi connectivity index (χ3v) is 3.72. The lowest BCUT2D eigenvalue weighted by molar-refractivity contribution is 0.0613. The van der Waals surface area contributed by atoms with Crippen molar-refractivity contribution in [2.75, 3.05) is 39.6 Å². The minimum atomic E-state index is 0.0199. The monoisotopic (exact) mass is 278 g/mol. The summed E-state index contributed by atoms with van der Waals surface area (Å²) >= 11 is 0. The lowest BCUT2D eigenvalue weighted by atomic mass is 9.97. The van der Waals surface area contributed by atoms with Crippen LogP contribution in [-0.4, -0.2) is 44.7 Å². The Morgan fingerprint density at radius 1 is 1.30 bits per heavy atom. The number of hydrogen-bond donors (Lipinski definition) is 1. The van der Waals surface area contributed by atoms with Crippen molar-refractivity contribution in [3.63, 3.8) is 0 Å². The van der Waals surface area contributed by atoms with Crippen LogP contribution in [0.3, 0.4) is 0 Å². The predicted molar refractivity (Wildman–Crippen MR) is 77.9 cm³/mol. The summed E-state index contributed by atoms with van der Waals surface area (Å²) in [6.07, 6.45) is 1.97. The van der Waals surface area contributed by atoms with E-state index in [1.807, 2.05) is 4.90 Å². The second-order valence-electron chi connectivity index (χ2n) is 5.19. The summed E-state index contributed by atoms with van der Waals surface area (Å²) in [5.41, 5.74) is 6.93. The highest BCUT2D eigenvalue weighted by molar-refractivity contribution is 5.95. The highest BCUT2D eigenvalue weighted by Gasteiger charge is 2.24. The summed E-state index contributed by atoms with van der Waals surface area (Å²) in [6, 6.07) is 5.15. The highest BCUT2D eigenvalue weighted by Crippen LogP contribution is 2.23. The number of carbonyl (C=O) groups excluding carboxylic acids is 1. The van der Waals surface area contributed by atoms with Gasteiger partial charge < -0.3 is 20.1 Å². The van der Waals surface area contributed by atoms with Gasteiger partial charge in [-0.1, -0.05) is 0 Å². The average molecular weight is 278 g/mol. The molecule has 0 aromatic heterocycles. The Kier molecular flexibility index (Phi) is 4.84. The van der Waals surface area contributed by atoms with E-state index >= 15 is 0 Å². The van der Waals surface area contributed by atoms with Crippen LogP contribution in [0.5, 0.6) is 5.75 Å². The van der Waals surface area contributed by atoms with E-state index in [0.717, 1.165) is 32.5 Å². The normalized spacial score (nSPS) is 16.2. The van der Waals surface area contributed by atoms with Crippen molar-refractivity contribution in [3.05, 3.63) is 23.8 Å². The number of amides is 1. The van der Waals surface area contributed by atoms with Crippen LogP contribution in [0.1, 0.15) is 23.2 Å². The van der Waals surface area contributed by atoms with Crippen molar-refractivity contribution in [3.8, 4) is 5.75 Å². The smallest absolute Gasteiger partial charge is 0.254 e. The first-order chi connectivity index (χ1) is 9.63. The SMILES string of the molecule is COCC1CCN(C(=O)c2cc(N)cc(OC)c2)CC1. The van der Waals surface area contributed by atoms with Gasteiger partial charge in [-0.25, -0.2) is 0 Å². The van der Waals surface area contributed by atoms with Crippen molar-refractivity contribution in [1.29, 1.82) is 0 Å². The zero-order chi connectivity index (χ0) is 14.5. The Hall–Kier alpha value is -1.75. The zero-order valence-electron chi connectivity index (χ0n) is 12.1. The van der Waals surface area contributed by atoms with E-state index in [1.165, 1.54) is 0 Å². The number of anilines is 1. The van der Waals surface area contributed by atoms with E-state index in [1.54, 1.807) is 32.4 Å². The van der Waals surface area contributed by atoms with Crippen LogP contribution in [0.15, 0.2) is 18.2 Å². The van der Waals surface area contributed by atoms with Crippen LogP contribution >= 0.6 is 0 Å². The molecule has 1 aromatic carbocycles. The van der Waals surface area contributed by atoms with Gasteiger partial charge in [-0.15, -0.1) is 0 Å². The van der Waals surface area contributed by atoms with E-state index in [4.69, 9.17) is 15.2 Å². The lowest BCUT2D eigenvalue weighted by Gasteiger charge is -2.31. The lowest BCUT2D eigenvalue weighted by Crippen LogP contribution is -2.39. The summed E-state index contributed by atoms with van der Waals surface area (Å²) < 4.78 is 10.3. The maximum atomic E-state index is 12.5. The molecule has 1 fully saturated rings. The van der Waals surface area contributed by atoms with Crippen LogP contribution in [0.25, 0.3) is 0 Å². The number of methoxy groups -OCH3 is 2. The van der Waals surface area contributed by atoms with Gasteiger partial charge in [0.25, 0.3) is 5.91 Å². The minimum absolute atomic E-state index is 0.0199. The highest BCUT2D eigenvalue weighted by atomic mass is 16.5. The predicted octanol–water partition coefficient (Wildman–Crippen LogP) is 1.78. The van der Waals surface area contributed by atoms with Gasteiger partial charge in [0, 0.05) is 44.1 Å². The summed E-state index contributed by atoms with van der Waals surface area (Å²) in [6.45, 7) is 2.31. The van der Waals surface area contributed by atoms with Crippen LogP contribution in [0.2, 0.25) is 0 Å². The molecule has 20 heavy (non-hydrogen) atoms. The van der Waals surface area contributed by atoms with E-state index < -0.39 is 0 Å². The Balaban J connectivity index is 2.03. The molecule has 1 heterocycles. The molecular formula is C15H22N2O3. The Morgan fingerprint density at radius 2 is 2.00 bits per heavy atom. The van der Waals surface area contributed by atoms with Crippen LogP contribution in [0.4, 0.5) is 5.69 Å². The second kappa shape index (κ2) is 6.61. The molecule has 5 nitrogen and oxygen atoms in total. The van der Waals surface area contributed by atoms with Gasteiger partial charge in [-0.3, -0.25) is 4.79 Å².